The summed E-state index contributed by atoms with van der Waals surface area (Å²) in [6.45, 7) is 6.54. The van der Waals surface area contributed by atoms with Crippen molar-refractivity contribution in [3.63, 3.8) is 0 Å². The molecule has 5 nitrogen and oxygen atoms in total. The fourth-order valence-electron chi connectivity index (χ4n) is 2.63. The summed E-state index contributed by atoms with van der Waals surface area (Å²) in [5, 5.41) is 6.93. The summed E-state index contributed by atoms with van der Waals surface area (Å²) in [5.41, 5.74) is 1.95. The Balaban J connectivity index is 0.00000288. The standard InChI is InChI=1S/C17H26N4OS.HI/c1-4-16-12-21(8-9-23-16)17(18-3)19-11-14-6-5-7-15(10-14)20-13(2)22;/h5-7,10,16H,4,8-9,11-12H2,1-3H3,(H,18,19)(H,20,22);1H. The molecule has 134 valence electrons. The molecule has 1 aliphatic rings. The first-order valence-electron chi connectivity index (χ1n) is 8.06. The maximum atomic E-state index is 11.1. The van der Waals surface area contributed by atoms with E-state index in [0.29, 0.717) is 11.8 Å². The summed E-state index contributed by atoms with van der Waals surface area (Å²) in [6, 6.07) is 7.89. The Morgan fingerprint density at radius 2 is 2.25 bits per heavy atom. The van der Waals surface area contributed by atoms with Gasteiger partial charge in [-0.3, -0.25) is 9.79 Å². The highest BCUT2D eigenvalue weighted by Gasteiger charge is 2.21. The van der Waals surface area contributed by atoms with Gasteiger partial charge in [-0.2, -0.15) is 11.8 Å². The molecule has 7 heteroatoms. The van der Waals surface area contributed by atoms with E-state index in [1.54, 1.807) is 0 Å². The van der Waals surface area contributed by atoms with Gasteiger partial charge in [-0.25, -0.2) is 0 Å². The predicted molar refractivity (Wildman–Crippen MR) is 114 cm³/mol. The number of carbonyl (C=O) groups is 1. The minimum absolute atomic E-state index is 0. The average Bonchev–Trinajstić information content (AvgIpc) is 2.55. The van der Waals surface area contributed by atoms with Crippen molar-refractivity contribution >= 4 is 53.3 Å². The second-order valence-electron chi connectivity index (χ2n) is 5.63. The SMILES string of the molecule is CCC1CN(C(=NC)NCc2cccc(NC(C)=O)c2)CCS1.I. The van der Waals surface area contributed by atoms with Gasteiger partial charge in [0.25, 0.3) is 0 Å². The van der Waals surface area contributed by atoms with Crippen LogP contribution in [0.1, 0.15) is 25.8 Å². The van der Waals surface area contributed by atoms with Gasteiger partial charge < -0.3 is 15.5 Å². The van der Waals surface area contributed by atoms with E-state index in [1.165, 1.54) is 13.3 Å². The Morgan fingerprint density at radius 1 is 1.46 bits per heavy atom. The number of benzene rings is 1. The third-order valence-corrected chi connectivity index (χ3v) is 5.18. The Labute approximate surface area is 166 Å². The van der Waals surface area contributed by atoms with Crippen molar-refractivity contribution < 1.29 is 4.79 Å². The van der Waals surface area contributed by atoms with Crippen molar-refractivity contribution in [2.75, 3.05) is 31.2 Å². The van der Waals surface area contributed by atoms with Crippen molar-refractivity contribution in [2.24, 2.45) is 4.99 Å². The van der Waals surface area contributed by atoms with Crippen LogP contribution in [0.4, 0.5) is 5.69 Å². The highest BCUT2D eigenvalue weighted by Crippen LogP contribution is 2.21. The minimum Gasteiger partial charge on any atom is -0.352 e. The zero-order valence-electron chi connectivity index (χ0n) is 14.5. The van der Waals surface area contributed by atoms with Crippen molar-refractivity contribution in [1.29, 1.82) is 0 Å². The quantitative estimate of drug-likeness (QED) is 0.410. The molecule has 1 aromatic carbocycles. The van der Waals surface area contributed by atoms with Crippen molar-refractivity contribution in [2.45, 2.75) is 32.1 Å². The molecule has 24 heavy (non-hydrogen) atoms. The van der Waals surface area contributed by atoms with Gasteiger partial charge in [0.1, 0.15) is 0 Å². The van der Waals surface area contributed by atoms with Gasteiger partial charge in [0.15, 0.2) is 5.96 Å². The van der Waals surface area contributed by atoms with E-state index >= 15 is 0 Å². The predicted octanol–water partition coefficient (Wildman–Crippen LogP) is 3.17. The molecule has 1 aliphatic heterocycles. The molecule has 1 heterocycles. The van der Waals surface area contributed by atoms with Gasteiger partial charge in [-0.15, -0.1) is 24.0 Å². The Morgan fingerprint density at radius 3 is 2.92 bits per heavy atom. The summed E-state index contributed by atoms with van der Waals surface area (Å²) in [7, 11) is 1.83. The van der Waals surface area contributed by atoms with Gasteiger partial charge in [-0.1, -0.05) is 19.1 Å². The maximum Gasteiger partial charge on any atom is 0.221 e. The minimum atomic E-state index is -0.0534. The van der Waals surface area contributed by atoms with Crippen LogP contribution < -0.4 is 10.6 Å². The number of nitrogens with zero attached hydrogens (tertiary/aromatic N) is 2. The van der Waals surface area contributed by atoms with E-state index in [2.05, 4.69) is 39.2 Å². The molecule has 0 spiro atoms. The van der Waals surface area contributed by atoms with Crippen LogP contribution in [-0.2, 0) is 11.3 Å². The normalized spacial score (nSPS) is 17.9. The largest absolute Gasteiger partial charge is 0.352 e. The van der Waals surface area contributed by atoms with Gasteiger partial charge in [-0.05, 0) is 24.1 Å². The fraction of sp³-hybridized carbons (Fsp3) is 0.529. The second-order valence-corrected chi connectivity index (χ2v) is 7.04. The van der Waals surface area contributed by atoms with Crippen LogP contribution in [0.2, 0.25) is 0 Å². The van der Waals surface area contributed by atoms with Crippen LogP contribution in [-0.4, -0.2) is 47.9 Å². The zero-order chi connectivity index (χ0) is 16.7. The van der Waals surface area contributed by atoms with E-state index in [1.807, 2.05) is 31.3 Å². The van der Waals surface area contributed by atoms with Crippen LogP contribution >= 0.6 is 35.7 Å². The number of hydrogen-bond donors (Lipinski definition) is 2. The number of hydrogen-bond acceptors (Lipinski definition) is 3. The van der Waals surface area contributed by atoms with Gasteiger partial charge in [0.2, 0.25) is 5.91 Å². The number of aliphatic imine (C=N–C) groups is 1. The maximum absolute atomic E-state index is 11.1. The third-order valence-electron chi connectivity index (χ3n) is 3.80. The molecule has 2 N–H and O–H groups in total. The van der Waals surface area contributed by atoms with E-state index < -0.39 is 0 Å². The topological polar surface area (TPSA) is 56.7 Å². The van der Waals surface area contributed by atoms with Crippen LogP contribution in [0.25, 0.3) is 0 Å². The lowest BCUT2D eigenvalue weighted by Gasteiger charge is -2.34. The van der Waals surface area contributed by atoms with E-state index in [9.17, 15) is 4.79 Å². The van der Waals surface area contributed by atoms with Crippen molar-refractivity contribution in [3.05, 3.63) is 29.8 Å². The number of carbonyl (C=O) groups excluding carboxylic acids is 1. The summed E-state index contributed by atoms with van der Waals surface area (Å²) in [6.07, 6.45) is 1.19. The molecule has 0 bridgehead atoms. The van der Waals surface area contributed by atoms with Crippen LogP contribution in [0.5, 0.6) is 0 Å². The number of rotatable bonds is 4. The van der Waals surface area contributed by atoms with Gasteiger partial charge in [0, 0.05) is 50.3 Å². The smallest absolute Gasteiger partial charge is 0.221 e. The number of guanidine groups is 1. The molecule has 1 atom stereocenters. The van der Waals surface area contributed by atoms with E-state index in [4.69, 9.17) is 0 Å². The molecule has 0 aromatic heterocycles. The lowest BCUT2D eigenvalue weighted by molar-refractivity contribution is -0.114. The molecule has 1 saturated heterocycles. The van der Waals surface area contributed by atoms with Gasteiger partial charge >= 0.3 is 0 Å². The van der Waals surface area contributed by atoms with Crippen LogP contribution in [0.3, 0.4) is 0 Å². The monoisotopic (exact) mass is 462 g/mol. The first-order valence-corrected chi connectivity index (χ1v) is 9.11. The highest BCUT2D eigenvalue weighted by molar-refractivity contribution is 14.0. The molecule has 0 radical (unpaired) electrons. The van der Waals surface area contributed by atoms with Crippen LogP contribution in [0, 0.1) is 0 Å². The third kappa shape index (κ3) is 6.51. The number of nitrogens with one attached hydrogen (secondary N) is 2. The molecule has 0 saturated carbocycles. The molecule has 0 aliphatic carbocycles. The van der Waals surface area contributed by atoms with Crippen LogP contribution in [0.15, 0.2) is 29.3 Å². The summed E-state index contributed by atoms with van der Waals surface area (Å²) in [4.78, 5) is 17.9. The van der Waals surface area contributed by atoms with Gasteiger partial charge in [0.05, 0.1) is 0 Å². The molecule has 2 rings (SSSR count). The molecule has 1 amide bonds. The molecule has 1 fully saturated rings. The zero-order valence-corrected chi connectivity index (χ0v) is 17.7. The first kappa shape index (κ1) is 21.1. The molecular weight excluding hydrogens is 435 g/mol. The fourth-order valence-corrected chi connectivity index (χ4v) is 3.81. The van der Waals surface area contributed by atoms with E-state index in [-0.39, 0.29) is 29.9 Å². The molecule has 1 aromatic rings. The molecule has 1 unspecified atom stereocenters. The first-order chi connectivity index (χ1) is 11.1. The number of halogens is 1. The van der Waals surface area contributed by atoms with E-state index in [0.717, 1.165) is 36.1 Å². The number of anilines is 1. The van der Waals surface area contributed by atoms with Crippen molar-refractivity contribution in [1.82, 2.24) is 10.2 Å². The summed E-state index contributed by atoms with van der Waals surface area (Å²) < 4.78 is 0. The lowest BCUT2D eigenvalue weighted by Crippen LogP contribution is -2.47. The highest BCUT2D eigenvalue weighted by atomic mass is 127. The average molecular weight is 462 g/mol. The Bertz CT molecular complexity index is 567. The lowest BCUT2D eigenvalue weighted by atomic mass is 10.2. The second kappa shape index (κ2) is 10.8. The Kier molecular flexibility index (Phi) is 9.50. The number of amides is 1. The summed E-state index contributed by atoms with van der Waals surface area (Å²) >= 11 is 2.05. The summed E-state index contributed by atoms with van der Waals surface area (Å²) in [5.74, 6) is 2.05. The number of thioether (sulfide) groups is 1. The van der Waals surface area contributed by atoms with Crippen molar-refractivity contribution in [3.8, 4) is 0 Å². The Hall–Kier alpha value is -0.960. The molecular formula is C17H27IN4OS.